The van der Waals surface area contributed by atoms with Gasteiger partial charge in [0.15, 0.2) is 0 Å². The lowest BCUT2D eigenvalue weighted by Gasteiger charge is -2.11. The molecule has 4 nitrogen and oxygen atoms in total. The molecule has 0 aliphatic carbocycles. The molecule has 0 saturated heterocycles. The van der Waals surface area contributed by atoms with Crippen LogP contribution in [0.2, 0.25) is 0 Å². The molecule has 3 rings (SSSR count). The summed E-state index contributed by atoms with van der Waals surface area (Å²) in [6.07, 6.45) is 2.85. The molecule has 0 amide bonds. The van der Waals surface area contributed by atoms with E-state index < -0.39 is 0 Å². The van der Waals surface area contributed by atoms with Gasteiger partial charge in [0.05, 0.1) is 11.9 Å². The van der Waals surface area contributed by atoms with E-state index in [1.165, 1.54) is 11.3 Å². The van der Waals surface area contributed by atoms with Crippen molar-refractivity contribution in [3.8, 4) is 11.3 Å². The zero-order valence-electron chi connectivity index (χ0n) is 14.7. The van der Waals surface area contributed by atoms with Gasteiger partial charge < -0.3 is 4.90 Å². The van der Waals surface area contributed by atoms with Crippen molar-refractivity contribution in [1.29, 1.82) is 0 Å². The van der Waals surface area contributed by atoms with Crippen LogP contribution in [0.5, 0.6) is 0 Å². The molecule has 25 heavy (non-hydrogen) atoms. The first-order chi connectivity index (χ1) is 12.2. The molecule has 0 atom stereocenters. The molecule has 0 saturated carbocycles. The summed E-state index contributed by atoms with van der Waals surface area (Å²) in [6.45, 7) is 2.16. The highest BCUT2D eigenvalue weighted by atomic mass is 32.1. The van der Waals surface area contributed by atoms with Gasteiger partial charge >= 0.3 is 0 Å². The lowest BCUT2D eigenvalue weighted by Crippen LogP contribution is -2.08. The van der Waals surface area contributed by atoms with Crippen molar-refractivity contribution in [3.05, 3.63) is 65.0 Å². The second-order valence-corrected chi connectivity index (χ2v) is 6.80. The molecule has 0 unspecified atom stereocenters. The van der Waals surface area contributed by atoms with Gasteiger partial charge in [0.25, 0.3) is 0 Å². The second-order valence-electron chi connectivity index (χ2n) is 5.94. The van der Waals surface area contributed by atoms with Gasteiger partial charge in [-0.25, -0.2) is 4.98 Å². The van der Waals surface area contributed by atoms with Gasteiger partial charge in [-0.1, -0.05) is 43.3 Å². The molecule has 1 heterocycles. The molecule has 0 spiro atoms. The first kappa shape index (κ1) is 17.2. The van der Waals surface area contributed by atoms with Crippen LogP contribution in [0.4, 0.5) is 10.8 Å². The van der Waals surface area contributed by atoms with Crippen LogP contribution in [-0.2, 0) is 6.42 Å². The van der Waals surface area contributed by atoms with Crippen molar-refractivity contribution in [2.24, 2.45) is 5.10 Å². The highest BCUT2D eigenvalue weighted by Gasteiger charge is 2.03. The van der Waals surface area contributed by atoms with Crippen LogP contribution >= 0.6 is 11.3 Å². The number of rotatable bonds is 6. The number of hydrogen-bond acceptors (Lipinski definition) is 5. The van der Waals surface area contributed by atoms with E-state index in [0.29, 0.717) is 0 Å². The summed E-state index contributed by atoms with van der Waals surface area (Å²) in [4.78, 5) is 6.66. The molecular formula is C20H22N4S. The predicted molar refractivity (Wildman–Crippen MR) is 109 cm³/mol. The Labute approximate surface area is 152 Å². The van der Waals surface area contributed by atoms with Crippen molar-refractivity contribution in [2.45, 2.75) is 13.3 Å². The summed E-state index contributed by atoms with van der Waals surface area (Å²) in [6, 6.07) is 16.8. The Morgan fingerprint density at radius 3 is 2.44 bits per heavy atom. The van der Waals surface area contributed by atoms with E-state index in [2.05, 4.69) is 63.7 Å². The van der Waals surface area contributed by atoms with E-state index in [9.17, 15) is 0 Å². The van der Waals surface area contributed by atoms with Crippen LogP contribution in [0.1, 0.15) is 18.1 Å². The minimum absolute atomic E-state index is 0.788. The van der Waals surface area contributed by atoms with Crippen molar-refractivity contribution in [2.75, 3.05) is 24.4 Å². The number of nitrogens with one attached hydrogen (secondary N) is 1. The maximum absolute atomic E-state index is 4.59. The van der Waals surface area contributed by atoms with Gasteiger partial charge in [-0.15, -0.1) is 11.3 Å². The molecule has 1 N–H and O–H groups in total. The molecule has 3 aromatic rings. The van der Waals surface area contributed by atoms with Gasteiger partial charge in [-0.3, -0.25) is 5.43 Å². The Balaban J connectivity index is 1.62. The van der Waals surface area contributed by atoms with E-state index in [1.807, 2.05) is 31.6 Å². The lowest BCUT2D eigenvalue weighted by atomic mass is 10.1. The molecule has 0 aliphatic rings. The average molecular weight is 350 g/mol. The highest BCUT2D eigenvalue weighted by molar-refractivity contribution is 7.14. The van der Waals surface area contributed by atoms with Gasteiger partial charge in [0, 0.05) is 30.7 Å². The molecule has 0 radical (unpaired) electrons. The fourth-order valence-corrected chi connectivity index (χ4v) is 3.06. The number of benzene rings is 2. The van der Waals surface area contributed by atoms with Crippen molar-refractivity contribution < 1.29 is 0 Å². The Hall–Kier alpha value is -2.66. The van der Waals surface area contributed by atoms with Gasteiger partial charge in [0.1, 0.15) is 0 Å². The van der Waals surface area contributed by atoms with Crippen molar-refractivity contribution in [3.63, 3.8) is 0 Å². The Morgan fingerprint density at radius 1 is 1.08 bits per heavy atom. The molecule has 0 aliphatic heterocycles. The largest absolute Gasteiger partial charge is 0.378 e. The Morgan fingerprint density at radius 2 is 1.80 bits per heavy atom. The molecule has 5 heteroatoms. The molecular weight excluding hydrogens is 328 g/mol. The van der Waals surface area contributed by atoms with E-state index in [4.69, 9.17) is 0 Å². The molecule has 128 valence electrons. The summed E-state index contributed by atoms with van der Waals surface area (Å²) in [7, 11) is 4.06. The van der Waals surface area contributed by atoms with Crippen molar-refractivity contribution in [1.82, 2.24) is 4.98 Å². The zero-order chi connectivity index (χ0) is 17.6. The summed E-state index contributed by atoms with van der Waals surface area (Å²) in [5.74, 6) is 0. The summed E-state index contributed by atoms with van der Waals surface area (Å²) in [5.41, 5.74) is 8.66. The smallest absolute Gasteiger partial charge is 0.203 e. The number of thiazole rings is 1. The number of aryl methyl sites for hydroxylation is 1. The first-order valence-electron chi connectivity index (χ1n) is 8.27. The Bertz CT molecular complexity index is 833. The number of hydrogen-bond donors (Lipinski definition) is 1. The van der Waals surface area contributed by atoms with E-state index in [1.54, 1.807) is 17.6 Å². The SMILES string of the molecule is CCc1ccc(-c2csc(N/N=C\c3ccc(N(C)C)cc3)n2)cc1. The average Bonchev–Trinajstić information content (AvgIpc) is 3.11. The third-order valence-corrected chi connectivity index (χ3v) is 4.69. The molecule has 2 aromatic carbocycles. The highest BCUT2D eigenvalue weighted by Crippen LogP contribution is 2.25. The van der Waals surface area contributed by atoms with Gasteiger partial charge in [-0.2, -0.15) is 5.10 Å². The second kappa shape index (κ2) is 7.94. The topological polar surface area (TPSA) is 40.5 Å². The van der Waals surface area contributed by atoms with Gasteiger partial charge in [-0.05, 0) is 29.7 Å². The zero-order valence-corrected chi connectivity index (χ0v) is 15.5. The number of aromatic nitrogens is 1. The molecule has 0 fully saturated rings. The minimum Gasteiger partial charge on any atom is -0.378 e. The maximum Gasteiger partial charge on any atom is 0.203 e. The lowest BCUT2D eigenvalue weighted by molar-refractivity contribution is 1.13. The monoisotopic (exact) mass is 350 g/mol. The fourth-order valence-electron chi connectivity index (χ4n) is 2.39. The number of nitrogens with zero attached hydrogens (tertiary/aromatic N) is 3. The summed E-state index contributed by atoms with van der Waals surface area (Å²) in [5, 5.41) is 7.11. The third-order valence-electron chi connectivity index (χ3n) is 3.95. The number of anilines is 2. The van der Waals surface area contributed by atoms with E-state index in [0.717, 1.165) is 28.4 Å². The molecule has 1 aromatic heterocycles. The quantitative estimate of drug-likeness (QED) is 0.508. The first-order valence-corrected chi connectivity index (χ1v) is 9.15. The summed E-state index contributed by atoms with van der Waals surface area (Å²) >= 11 is 1.55. The Kier molecular flexibility index (Phi) is 5.46. The van der Waals surface area contributed by atoms with Crippen LogP contribution in [0, 0.1) is 0 Å². The molecule has 0 bridgehead atoms. The normalized spacial score (nSPS) is 11.0. The predicted octanol–water partition coefficient (Wildman–Crippen LogP) is 4.88. The van der Waals surface area contributed by atoms with Crippen LogP contribution in [0.3, 0.4) is 0 Å². The van der Waals surface area contributed by atoms with Crippen LogP contribution in [0.15, 0.2) is 59.0 Å². The third kappa shape index (κ3) is 4.45. The fraction of sp³-hybridized carbons (Fsp3) is 0.200. The van der Waals surface area contributed by atoms with Crippen LogP contribution < -0.4 is 10.3 Å². The standard InChI is InChI=1S/C20H22N4S/c1-4-15-5-9-17(10-6-15)19-14-25-20(22-19)23-21-13-16-7-11-18(12-8-16)24(2)3/h5-14H,4H2,1-3H3,(H,22,23)/b21-13-. The van der Waals surface area contributed by atoms with Crippen molar-refractivity contribution >= 4 is 28.4 Å². The van der Waals surface area contributed by atoms with Gasteiger partial charge in [0.2, 0.25) is 5.13 Å². The minimum atomic E-state index is 0.788. The van der Waals surface area contributed by atoms with Crippen LogP contribution in [-0.4, -0.2) is 25.3 Å². The number of hydrazone groups is 1. The van der Waals surface area contributed by atoms with E-state index >= 15 is 0 Å². The maximum atomic E-state index is 4.59. The van der Waals surface area contributed by atoms with E-state index in [-0.39, 0.29) is 0 Å². The van der Waals surface area contributed by atoms with Crippen LogP contribution in [0.25, 0.3) is 11.3 Å². The summed E-state index contributed by atoms with van der Waals surface area (Å²) < 4.78 is 0.